The normalized spacial score (nSPS) is 12.1. The van der Waals surface area contributed by atoms with E-state index in [1.165, 1.54) is 30.3 Å². The summed E-state index contributed by atoms with van der Waals surface area (Å²) < 4.78 is 50.8. The molecule has 0 aliphatic heterocycles. The van der Waals surface area contributed by atoms with Crippen LogP contribution in [0.5, 0.6) is 0 Å². The van der Waals surface area contributed by atoms with Crippen molar-refractivity contribution in [1.29, 1.82) is 0 Å². The van der Waals surface area contributed by atoms with Crippen molar-refractivity contribution in [1.82, 2.24) is 0 Å². The molecule has 2 aromatic carbocycles. The molecule has 0 radical (unpaired) electrons. The molecular weight excluding hydrogens is 392 g/mol. The molecule has 0 spiro atoms. The van der Waals surface area contributed by atoms with Gasteiger partial charge < -0.3 is 0 Å². The smallest absolute Gasteiger partial charge is 0.261 e. The van der Waals surface area contributed by atoms with E-state index >= 15 is 0 Å². The van der Waals surface area contributed by atoms with Crippen LogP contribution < -0.4 is 9.86 Å². The third-order valence-corrected chi connectivity index (χ3v) is 5.69. The lowest BCUT2D eigenvalue weighted by atomic mass is 10.2. The molecule has 3 N–H and O–H groups in total. The highest BCUT2D eigenvalue weighted by Gasteiger charge is 2.20. The molecule has 9 heteroatoms. The monoisotopic (exact) mass is 404 g/mol. The number of nitrogens with one attached hydrogen (secondary N) is 1. The number of rotatable bonds is 4. The van der Waals surface area contributed by atoms with Gasteiger partial charge in [-0.3, -0.25) is 4.72 Å². The van der Waals surface area contributed by atoms with Crippen LogP contribution in [-0.4, -0.2) is 16.8 Å². The third kappa shape index (κ3) is 3.86. The molecular formula is C13H13BrN2O4S2. The highest BCUT2D eigenvalue weighted by atomic mass is 79.9. The van der Waals surface area contributed by atoms with E-state index in [0.717, 1.165) is 4.47 Å². The molecule has 0 saturated heterocycles. The van der Waals surface area contributed by atoms with Crippen molar-refractivity contribution < 1.29 is 16.8 Å². The van der Waals surface area contributed by atoms with Gasteiger partial charge in [-0.1, -0.05) is 22.0 Å². The summed E-state index contributed by atoms with van der Waals surface area (Å²) >= 11 is 3.22. The summed E-state index contributed by atoms with van der Waals surface area (Å²) in [5.41, 5.74) is 0.617. The first-order chi connectivity index (χ1) is 10.1. The molecule has 0 bridgehead atoms. The van der Waals surface area contributed by atoms with Crippen molar-refractivity contribution in [2.45, 2.75) is 16.7 Å². The summed E-state index contributed by atoms with van der Waals surface area (Å²) in [4.78, 5) is -0.267. The quantitative estimate of drug-likeness (QED) is 0.813. The van der Waals surface area contributed by atoms with Crippen molar-refractivity contribution in [2.24, 2.45) is 5.14 Å². The maximum absolute atomic E-state index is 12.3. The number of sulfonamides is 2. The Morgan fingerprint density at radius 2 is 1.59 bits per heavy atom. The third-order valence-electron chi connectivity index (χ3n) is 2.81. The van der Waals surface area contributed by atoms with Crippen molar-refractivity contribution in [3.63, 3.8) is 0 Å². The van der Waals surface area contributed by atoms with Gasteiger partial charge in [0.2, 0.25) is 10.0 Å². The highest BCUT2D eigenvalue weighted by molar-refractivity contribution is 9.10. The van der Waals surface area contributed by atoms with Gasteiger partial charge in [0.25, 0.3) is 10.0 Å². The van der Waals surface area contributed by atoms with Crippen molar-refractivity contribution >= 4 is 41.7 Å². The predicted molar refractivity (Wildman–Crippen MR) is 87.5 cm³/mol. The van der Waals surface area contributed by atoms with Crippen LogP contribution in [0.1, 0.15) is 5.56 Å². The standard InChI is InChI=1S/C13H13BrN2O4S2/c1-9-2-7-13(21(15,17)18)12(8-9)16-22(19,20)11-5-3-10(14)4-6-11/h2-8,16H,1H3,(H2,15,17,18). The first-order valence-corrected chi connectivity index (χ1v) is 9.84. The van der Waals surface area contributed by atoms with Crippen LogP contribution in [0.25, 0.3) is 0 Å². The van der Waals surface area contributed by atoms with Gasteiger partial charge in [-0.15, -0.1) is 0 Å². The van der Waals surface area contributed by atoms with Crippen molar-refractivity contribution in [3.8, 4) is 0 Å². The van der Waals surface area contributed by atoms with Gasteiger partial charge >= 0.3 is 0 Å². The number of hydrogen-bond acceptors (Lipinski definition) is 4. The summed E-state index contributed by atoms with van der Waals surface area (Å²) in [6, 6.07) is 10.2. The second kappa shape index (κ2) is 5.99. The fourth-order valence-electron chi connectivity index (χ4n) is 1.79. The Morgan fingerprint density at radius 1 is 1.00 bits per heavy atom. The average Bonchev–Trinajstić information content (AvgIpc) is 2.37. The summed E-state index contributed by atoms with van der Waals surface area (Å²) in [7, 11) is -7.97. The van der Waals surface area contributed by atoms with E-state index in [-0.39, 0.29) is 15.5 Å². The Hall–Kier alpha value is -1.42. The SMILES string of the molecule is Cc1ccc(S(N)(=O)=O)c(NS(=O)(=O)c2ccc(Br)cc2)c1. The molecule has 0 saturated carbocycles. The van der Waals surface area contributed by atoms with E-state index in [9.17, 15) is 16.8 Å². The summed E-state index contributed by atoms with van der Waals surface area (Å²) in [6.45, 7) is 1.71. The summed E-state index contributed by atoms with van der Waals surface area (Å²) in [5.74, 6) is 0. The summed E-state index contributed by atoms with van der Waals surface area (Å²) in [6.07, 6.45) is 0. The molecule has 0 aromatic heterocycles. The number of benzene rings is 2. The Balaban J connectivity index is 2.50. The molecule has 0 amide bonds. The topological polar surface area (TPSA) is 106 Å². The largest absolute Gasteiger partial charge is 0.278 e. The number of nitrogens with two attached hydrogens (primary N) is 1. The Morgan fingerprint density at radius 3 is 2.14 bits per heavy atom. The number of aryl methyl sites for hydroxylation is 1. The van der Waals surface area contributed by atoms with Crippen LogP contribution in [0.4, 0.5) is 5.69 Å². The van der Waals surface area contributed by atoms with E-state index in [0.29, 0.717) is 5.56 Å². The average molecular weight is 405 g/mol. The zero-order chi connectivity index (χ0) is 16.5. The fourth-order valence-corrected chi connectivity index (χ4v) is 3.86. The van der Waals surface area contributed by atoms with E-state index in [1.807, 2.05) is 0 Å². The second-order valence-electron chi connectivity index (χ2n) is 4.60. The predicted octanol–water partition coefficient (Wildman–Crippen LogP) is 2.21. The molecule has 0 atom stereocenters. The Bertz CT molecular complexity index is 908. The number of anilines is 1. The number of hydrogen-bond donors (Lipinski definition) is 2. The van der Waals surface area contributed by atoms with Gasteiger partial charge in [-0.05, 0) is 48.9 Å². The molecule has 0 aliphatic carbocycles. The molecule has 0 fully saturated rings. The first kappa shape index (κ1) is 16.9. The van der Waals surface area contributed by atoms with Gasteiger partial charge in [0.1, 0.15) is 4.90 Å². The lowest BCUT2D eigenvalue weighted by Crippen LogP contribution is -2.19. The van der Waals surface area contributed by atoms with Crippen LogP contribution in [0, 0.1) is 6.92 Å². The number of halogens is 1. The van der Waals surface area contributed by atoms with Crippen LogP contribution in [0.15, 0.2) is 56.7 Å². The minimum absolute atomic E-state index is 0.0116. The second-order valence-corrected chi connectivity index (χ2v) is 8.73. The minimum Gasteiger partial charge on any atom is -0.278 e. The molecule has 6 nitrogen and oxygen atoms in total. The van der Waals surface area contributed by atoms with Gasteiger partial charge in [0.15, 0.2) is 0 Å². The van der Waals surface area contributed by atoms with Crippen molar-refractivity contribution in [3.05, 3.63) is 52.5 Å². The first-order valence-electron chi connectivity index (χ1n) is 6.01. The zero-order valence-corrected chi connectivity index (χ0v) is 14.7. The zero-order valence-electron chi connectivity index (χ0n) is 11.4. The van der Waals surface area contributed by atoms with Crippen LogP contribution in [0.3, 0.4) is 0 Å². The fraction of sp³-hybridized carbons (Fsp3) is 0.0769. The van der Waals surface area contributed by atoms with Gasteiger partial charge in [-0.25, -0.2) is 22.0 Å². The molecule has 2 rings (SSSR count). The lowest BCUT2D eigenvalue weighted by Gasteiger charge is -2.12. The van der Waals surface area contributed by atoms with Gasteiger partial charge in [0.05, 0.1) is 10.6 Å². The van der Waals surface area contributed by atoms with Gasteiger partial charge in [0, 0.05) is 4.47 Å². The highest BCUT2D eigenvalue weighted by Crippen LogP contribution is 2.25. The van der Waals surface area contributed by atoms with E-state index in [4.69, 9.17) is 5.14 Å². The van der Waals surface area contributed by atoms with E-state index in [2.05, 4.69) is 20.7 Å². The number of primary sulfonamides is 1. The molecule has 22 heavy (non-hydrogen) atoms. The maximum Gasteiger partial charge on any atom is 0.261 e. The molecule has 2 aromatic rings. The van der Waals surface area contributed by atoms with Crippen molar-refractivity contribution in [2.75, 3.05) is 4.72 Å². The Labute approximate surface area is 137 Å². The van der Waals surface area contributed by atoms with Crippen LogP contribution >= 0.6 is 15.9 Å². The lowest BCUT2D eigenvalue weighted by molar-refractivity contribution is 0.598. The van der Waals surface area contributed by atoms with Crippen LogP contribution in [0.2, 0.25) is 0 Å². The summed E-state index contributed by atoms with van der Waals surface area (Å²) in [5, 5.41) is 5.12. The molecule has 0 heterocycles. The van der Waals surface area contributed by atoms with E-state index in [1.54, 1.807) is 19.1 Å². The molecule has 118 valence electrons. The Kier molecular flexibility index (Phi) is 4.62. The van der Waals surface area contributed by atoms with Crippen LogP contribution in [-0.2, 0) is 20.0 Å². The maximum atomic E-state index is 12.3. The van der Waals surface area contributed by atoms with Gasteiger partial charge in [-0.2, -0.15) is 0 Å². The van der Waals surface area contributed by atoms with E-state index < -0.39 is 20.0 Å². The minimum atomic E-state index is -4.05. The molecule has 0 aliphatic rings. The molecule has 0 unspecified atom stereocenters.